The maximum absolute atomic E-state index is 6.03. The molecule has 1 aliphatic rings. The molecule has 0 bridgehead atoms. The zero-order chi connectivity index (χ0) is 22.3. The number of allylic oxidation sites excluding steroid dienone is 1. The quantitative estimate of drug-likeness (QED) is 0.473. The van der Waals surface area contributed by atoms with Crippen LogP contribution in [0.2, 0.25) is 0 Å². The highest BCUT2D eigenvalue weighted by Gasteiger charge is 2.18. The van der Waals surface area contributed by atoms with Crippen LogP contribution in [0.3, 0.4) is 0 Å². The Morgan fingerprint density at radius 1 is 1.22 bits per heavy atom. The number of fused-ring (bicyclic) bond motifs is 1. The summed E-state index contributed by atoms with van der Waals surface area (Å²) in [6, 6.07) is 8.65. The van der Waals surface area contributed by atoms with E-state index in [0.717, 1.165) is 59.7 Å². The van der Waals surface area contributed by atoms with Crippen LogP contribution in [0.5, 0.6) is 0 Å². The topological polar surface area (TPSA) is 105 Å². The molecule has 0 saturated heterocycles. The van der Waals surface area contributed by atoms with Crippen LogP contribution in [-0.2, 0) is 0 Å². The van der Waals surface area contributed by atoms with Crippen molar-refractivity contribution in [1.29, 1.82) is 0 Å². The van der Waals surface area contributed by atoms with Crippen LogP contribution >= 0.6 is 0 Å². The second-order valence-corrected chi connectivity index (χ2v) is 8.13. The van der Waals surface area contributed by atoms with E-state index in [1.54, 1.807) is 18.6 Å². The summed E-state index contributed by atoms with van der Waals surface area (Å²) in [6.45, 7) is 6.12. The molecular formula is C24H30N8. The highest BCUT2D eigenvalue weighted by Crippen LogP contribution is 2.20. The number of aliphatic imine (C=N–C) groups is 2. The molecule has 0 radical (unpaired) electrons. The highest BCUT2D eigenvalue weighted by molar-refractivity contribution is 6.11. The molecule has 1 saturated carbocycles. The molecule has 166 valence electrons. The Morgan fingerprint density at radius 3 is 2.81 bits per heavy atom. The van der Waals surface area contributed by atoms with Gasteiger partial charge in [0.05, 0.1) is 41.8 Å². The average molecular weight is 431 g/mol. The first-order valence-electron chi connectivity index (χ1n) is 10.9. The van der Waals surface area contributed by atoms with Crippen LogP contribution in [0.4, 0.5) is 11.4 Å². The molecule has 3 aromatic heterocycles. The van der Waals surface area contributed by atoms with Gasteiger partial charge in [0.15, 0.2) is 0 Å². The van der Waals surface area contributed by atoms with Crippen molar-refractivity contribution < 1.29 is 0 Å². The molecule has 8 heteroatoms. The lowest BCUT2D eigenvalue weighted by atomic mass is 9.92. The minimum absolute atomic E-state index is 0.337. The van der Waals surface area contributed by atoms with Crippen LogP contribution in [0.15, 0.2) is 70.8 Å². The van der Waals surface area contributed by atoms with E-state index in [9.17, 15) is 0 Å². The maximum atomic E-state index is 6.03. The van der Waals surface area contributed by atoms with Gasteiger partial charge in [-0.1, -0.05) is 0 Å². The number of rotatable bonds is 8. The molecule has 0 spiro atoms. The lowest BCUT2D eigenvalue weighted by molar-refractivity contribution is 0.346. The number of pyridine rings is 2. The van der Waals surface area contributed by atoms with Gasteiger partial charge in [-0.15, -0.1) is 0 Å². The molecule has 32 heavy (non-hydrogen) atoms. The molecule has 3 heterocycles. The molecule has 0 unspecified atom stereocenters. The molecular weight excluding hydrogens is 400 g/mol. The second kappa shape index (κ2) is 10.3. The van der Waals surface area contributed by atoms with Crippen molar-refractivity contribution in [2.45, 2.75) is 44.7 Å². The van der Waals surface area contributed by atoms with E-state index in [4.69, 9.17) is 10.7 Å². The zero-order valence-corrected chi connectivity index (χ0v) is 18.4. The standard InChI is InChI=1S/C24H30N8/c1-17(12-26-2)24(30-16-29-19-7-5-18(25)6-8-19)22-14-28-23-10-9-21(15-32(22)23)31-20-4-3-11-27-13-20/h3-4,9-15,18-19,29,31H,2,5-8,16,25H2,1H3/b17-12-,30-24+. The summed E-state index contributed by atoms with van der Waals surface area (Å²) >= 11 is 0. The summed E-state index contributed by atoms with van der Waals surface area (Å²) in [5.74, 6) is 0. The lowest BCUT2D eigenvalue weighted by Gasteiger charge is -2.26. The third-order valence-electron chi connectivity index (χ3n) is 5.75. The van der Waals surface area contributed by atoms with Gasteiger partial charge in [0.1, 0.15) is 5.65 Å². The Morgan fingerprint density at radius 2 is 2.06 bits per heavy atom. The lowest BCUT2D eigenvalue weighted by Crippen LogP contribution is -2.37. The fraction of sp³-hybridized carbons (Fsp3) is 0.333. The first kappa shape index (κ1) is 21.9. The van der Waals surface area contributed by atoms with Crippen LogP contribution in [-0.4, -0.2) is 45.6 Å². The summed E-state index contributed by atoms with van der Waals surface area (Å²) < 4.78 is 2.04. The number of aromatic nitrogens is 3. The van der Waals surface area contributed by atoms with E-state index in [1.807, 2.05) is 48.0 Å². The summed E-state index contributed by atoms with van der Waals surface area (Å²) in [5.41, 5.74) is 11.4. The molecule has 4 N–H and O–H groups in total. The maximum Gasteiger partial charge on any atom is 0.137 e. The van der Waals surface area contributed by atoms with E-state index in [0.29, 0.717) is 18.8 Å². The van der Waals surface area contributed by atoms with Crippen LogP contribution in [0, 0.1) is 0 Å². The van der Waals surface area contributed by atoms with Crippen molar-refractivity contribution in [3.63, 3.8) is 0 Å². The largest absolute Gasteiger partial charge is 0.353 e. The SMILES string of the molecule is C=N/C=C(C)\C(=N/CNC1CCC(N)CC1)c1cnc2ccc(Nc3cccnc3)cn12. The molecule has 4 rings (SSSR count). The monoisotopic (exact) mass is 430 g/mol. The van der Waals surface area contributed by atoms with Crippen molar-refractivity contribution in [1.82, 2.24) is 19.7 Å². The van der Waals surface area contributed by atoms with Crippen molar-refractivity contribution in [2.75, 3.05) is 12.0 Å². The van der Waals surface area contributed by atoms with E-state index >= 15 is 0 Å². The number of anilines is 2. The number of nitrogens with two attached hydrogens (primary N) is 1. The Labute approximate surface area is 188 Å². The van der Waals surface area contributed by atoms with Crippen LogP contribution in [0.1, 0.15) is 38.3 Å². The number of hydrogen-bond acceptors (Lipinski definition) is 7. The van der Waals surface area contributed by atoms with E-state index < -0.39 is 0 Å². The Balaban J connectivity index is 1.59. The molecule has 0 amide bonds. The molecule has 8 nitrogen and oxygen atoms in total. The third-order valence-corrected chi connectivity index (χ3v) is 5.75. The van der Waals surface area contributed by atoms with Gasteiger partial charge in [0, 0.05) is 30.7 Å². The smallest absolute Gasteiger partial charge is 0.137 e. The first-order valence-corrected chi connectivity index (χ1v) is 10.9. The van der Waals surface area contributed by atoms with Gasteiger partial charge in [0.2, 0.25) is 0 Å². The van der Waals surface area contributed by atoms with Crippen LogP contribution < -0.4 is 16.4 Å². The molecule has 0 atom stereocenters. The fourth-order valence-corrected chi connectivity index (χ4v) is 4.02. The molecule has 3 aromatic rings. The highest BCUT2D eigenvalue weighted by atomic mass is 15.1. The van der Waals surface area contributed by atoms with Gasteiger partial charge in [-0.3, -0.25) is 24.7 Å². The van der Waals surface area contributed by atoms with Crippen molar-refractivity contribution in [3.05, 3.63) is 66.5 Å². The predicted molar refractivity (Wildman–Crippen MR) is 131 cm³/mol. The van der Waals surface area contributed by atoms with Gasteiger partial charge < -0.3 is 11.1 Å². The van der Waals surface area contributed by atoms with Gasteiger partial charge in [-0.05, 0) is 69.2 Å². The van der Waals surface area contributed by atoms with E-state index in [1.165, 1.54) is 0 Å². The van der Waals surface area contributed by atoms with Gasteiger partial charge in [0.25, 0.3) is 0 Å². The van der Waals surface area contributed by atoms with Crippen LogP contribution in [0.25, 0.3) is 5.65 Å². The normalized spacial score (nSPS) is 19.8. The number of nitrogens with zero attached hydrogens (tertiary/aromatic N) is 5. The third kappa shape index (κ3) is 5.27. The minimum atomic E-state index is 0.337. The van der Waals surface area contributed by atoms with E-state index in [-0.39, 0.29) is 0 Å². The van der Waals surface area contributed by atoms with Gasteiger partial charge >= 0.3 is 0 Å². The Bertz CT molecular complexity index is 1110. The zero-order valence-electron chi connectivity index (χ0n) is 18.4. The summed E-state index contributed by atoms with van der Waals surface area (Å²) in [4.78, 5) is 17.6. The van der Waals surface area contributed by atoms with Crippen molar-refractivity contribution in [3.8, 4) is 0 Å². The summed E-state index contributed by atoms with van der Waals surface area (Å²) in [5, 5.41) is 6.94. The second-order valence-electron chi connectivity index (χ2n) is 8.13. The van der Waals surface area contributed by atoms with E-state index in [2.05, 4.69) is 32.3 Å². The number of nitrogens with one attached hydrogen (secondary N) is 2. The minimum Gasteiger partial charge on any atom is -0.353 e. The average Bonchev–Trinajstić information content (AvgIpc) is 3.22. The van der Waals surface area contributed by atoms with Crippen molar-refractivity contribution >= 4 is 29.5 Å². The molecule has 1 aliphatic carbocycles. The summed E-state index contributed by atoms with van der Waals surface area (Å²) in [7, 11) is 0. The van der Waals surface area contributed by atoms with Gasteiger partial charge in [-0.2, -0.15) is 0 Å². The van der Waals surface area contributed by atoms with Crippen molar-refractivity contribution in [2.24, 2.45) is 15.7 Å². The Hall–Kier alpha value is -3.36. The molecule has 1 fully saturated rings. The Kier molecular flexibility index (Phi) is 7.03. The molecule has 0 aliphatic heterocycles. The van der Waals surface area contributed by atoms with Gasteiger partial charge in [-0.25, -0.2) is 4.98 Å². The fourth-order valence-electron chi connectivity index (χ4n) is 4.02. The number of hydrogen-bond donors (Lipinski definition) is 3. The predicted octanol–water partition coefficient (Wildman–Crippen LogP) is 3.68. The number of imidazole rings is 1. The first-order chi connectivity index (χ1) is 15.6. The summed E-state index contributed by atoms with van der Waals surface area (Å²) in [6.07, 6.45) is 13.5. The molecule has 0 aromatic carbocycles.